The van der Waals surface area contributed by atoms with Crippen LogP contribution in [0, 0.1) is 5.92 Å². The molecule has 15 nitrogen and oxygen atoms in total. The minimum atomic E-state index is -1.35. The Kier molecular flexibility index (Phi) is 12.0. The highest BCUT2D eigenvalue weighted by Gasteiger charge is 2.39. The highest BCUT2D eigenvalue weighted by Crippen LogP contribution is 2.24. The fourth-order valence-corrected chi connectivity index (χ4v) is 5.22. The second-order valence-electron chi connectivity index (χ2n) is 12.3. The zero-order valence-corrected chi connectivity index (χ0v) is 25.6. The summed E-state index contributed by atoms with van der Waals surface area (Å²) in [7, 11) is 0. The maximum Gasteiger partial charge on any atom is 0.329 e. The summed E-state index contributed by atoms with van der Waals surface area (Å²) in [6.45, 7) is 8.44. The molecular formula is C29H43N5O10. The van der Waals surface area contributed by atoms with Gasteiger partial charge >= 0.3 is 11.9 Å². The van der Waals surface area contributed by atoms with Crippen molar-refractivity contribution in [1.82, 2.24) is 25.8 Å². The molecule has 244 valence electrons. The minimum absolute atomic E-state index is 0.00652. The Bertz CT molecular complexity index is 1150. The summed E-state index contributed by atoms with van der Waals surface area (Å²) in [5, 5.41) is 17.9. The van der Waals surface area contributed by atoms with Crippen molar-refractivity contribution in [1.29, 1.82) is 0 Å². The lowest BCUT2D eigenvalue weighted by molar-refractivity contribution is -0.159. The van der Waals surface area contributed by atoms with Gasteiger partial charge in [-0.05, 0) is 52.5 Å². The molecule has 3 aliphatic heterocycles. The summed E-state index contributed by atoms with van der Waals surface area (Å²) in [6, 6.07) is -2.59. The van der Waals surface area contributed by atoms with Gasteiger partial charge in [0.15, 0.2) is 0 Å². The van der Waals surface area contributed by atoms with Crippen LogP contribution in [-0.2, 0) is 43.0 Å². The van der Waals surface area contributed by atoms with Gasteiger partial charge in [-0.2, -0.15) is 0 Å². The second kappa shape index (κ2) is 15.2. The Morgan fingerprint density at radius 3 is 2.23 bits per heavy atom. The number of imide groups is 1. The van der Waals surface area contributed by atoms with Gasteiger partial charge in [-0.15, -0.1) is 0 Å². The van der Waals surface area contributed by atoms with Gasteiger partial charge in [0.1, 0.15) is 23.9 Å². The van der Waals surface area contributed by atoms with E-state index in [4.69, 9.17) is 9.47 Å². The molecule has 5 atom stereocenters. The predicted molar refractivity (Wildman–Crippen MR) is 153 cm³/mol. The van der Waals surface area contributed by atoms with E-state index in [-0.39, 0.29) is 50.6 Å². The Morgan fingerprint density at radius 2 is 1.64 bits per heavy atom. The molecule has 2 unspecified atom stereocenters. The Balaban J connectivity index is 1.52. The number of carboxylic acids is 1. The molecule has 0 aliphatic carbocycles. The van der Waals surface area contributed by atoms with E-state index >= 15 is 0 Å². The highest BCUT2D eigenvalue weighted by molar-refractivity contribution is 6.13. The molecule has 0 saturated carbocycles. The molecule has 2 fully saturated rings. The third-order valence-corrected chi connectivity index (χ3v) is 7.41. The van der Waals surface area contributed by atoms with E-state index in [2.05, 4.69) is 22.9 Å². The molecule has 0 aromatic rings. The molecule has 4 N–H and O–H groups in total. The fourth-order valence-electron chi connectivity index (χ4n) is 5.22. The van der Waals surface area contributed by atoms with Gasteiger partial charge in [-0.25, -0.2) is 9.59 Å². The number of rotatable bonds is 14. The van der Waals surface area contributed by atoms with E-state index < -0.39 is 59.5 Å². The van der Waals surface area contributed by atoms with Crippen molar-refractivity contribution in [2.24, 2.45) is 5.92 Å². The number of nitrogens with one attached hydrogen (secondary N) is 3. The molecule has 5 amide bonds. The number of hydrogen-bond acceptors (Lipinski definition) is 10. The Hall–Kier alpha value is -3.85. The smallest absolute Gasteiger partial charge is 0.329 e. The van der Waals surface area contributed by atoms with E-state index in [0.717, 1.165) is 30.0 Å². The van der Waals surface area contributed by atoms with Crippen molar-refractivity contribution in [3.8, 4) is 0 Å². The normalized spacial score (nSPS) is 23.0. The standard InChI is InChI=1S/C29H43N5O10/c1-17-15-20(30-16-17)26-34(13-14-43-26)25(39)8-6-18(27(40)41)31-21(35)7-5-19(28(42)44-29(2,3)4)32-22(36)11-12-33-23(37)9-10-24(33)38/h9-10,17-20,26,30H,5-8,11-16H2,1-4H3,(H,31,35)(H,32,36)(H,40,41)/t17?,18-,19-,20-,26?/m0/s1. The largest absolute Gasteiger partial charge is 0.480 e. The fraction of sp³-hybridized carbons (Fsp3) is 0.690. The number of esters is 1. The van der Waals surface area contributed by atoms with Gasteiger partial charge in [0.05, 0.1) is 12.6 Å². The lowest BCUT2D eigenvalue weighted by Gasteiger charge is -2.28. The number of carboxylic acid groups (broad SMARTS) is 1. The molecule has 0 spiro atoms. The molecule has 2 saturated heterocycles. The van der Waals surface area contributed by atoms with Crippen LogP contribution in [0.3, 0.4) is 0 Å². The van der Waals surface area contributed by atoms with Crippen molar-refractivity contribution < 1.29 is 48.1 Å². The number of carbonyl (C=O) groups excluding carboxylic acids is 6. The number of aliphatic carboxylic acids is 1. The summed E-state index contributed by atoms with van der Waals surface area (Å²) in [6.07, 6.45) is 1.55. The minimum Gasteiger partial charge on any atom is -0.480 e. The molecule has 0 aromatic carbocycles. The Labute approximate surface area is 256 Å². The van der Waals surface area contributed by atoms with E-state index in [9.17, 15) is 38.7 Å². The van der Waals surface area contributed by atoms with Crippen LogP contribution in [0.15, 0.2) is 12.2 Å². The zero-order chi connectivity index (χ0) is 32.6. The second-order valence-corrected chi connectivity index (χ2v) is 12.3. The summed E-state index contributed by atoms with van der Waals surface area (Å²) < 4.78 is 11.1. The third-order valence-electron chi connectivity index (χ3n) is 7.41. The monoisotopic (exact) mass is 621 g/mol. The van der Waals surface area contributed by atoms with E-state index in [1.165, 1.54) is 0 Å². The van der Waals surface area contributed by atoms with Gasteiger partial charge in [0.25, 0.3) is 11.8 Å². The maximum absolute atomic E-state index is 13.0. The van der Waals surface area contributed by atoms with Crippen LogP contribution in [-0.4, -0.2) is 113 Å². The van der Waals surface area contributed by atoms with Crippen LogP contribution < -0.4 is 16.0 Å². The third kappa shape index (κ3) is 10.1. The quantitative estimate of drug-likeness (QED) is 0.143. The molecule has 3 heterocycles. The van der Waals surface area contributed by atoms with Crippen LogP contribution in [0.25, 0.3) is 0 Å². The van der Waals surface area contributed by atoms with Crippen LogP contribution >= 0.6 is 0 Å². The van der Waals surface area contributed by atoms with Gasteiger partial charge < -0.3 is 35.4 Å². The van der Waals surface area contributed by atoms with Crippen molar-refractivity contribution in [3.63, 3.8) is 0 Å². The first-order chi connectivity index (χ1) is 20.6. The molecule has 0 aromatic heterocycles. The van der Waals surface area contributed by atoms with E-state index in [0.29, 0.717) is 19.1 Å². The lowest BCUT2D eigenvalue weighted by Crippen LogP contribution is -2.48. The number of nitrogens with zero attached hydrogens (tertiary/aromatic N) is 2. The molecule has 44 heavy (non-hydrogen) atoms. The van der Waals surface area contributed by atoms with Crippen molar-refractivity contribution in [3.05, 3.63) is 12.2 Å². The van der Waals surface area contributed by atoms with Crippen LogP contribution in [0.1, 0.15) is 66.2 Å². The van der Waals surface area contributed by atoms with Gasteiger partial charge in [0.2, 0.25) is 17.7 Å². The molecule has 15 heteroatoms. The van der Waals surface area contributed by atoms with Crippen molar-refractivity contribution >= 4 is 41.5 Å². The van der Waals surface area contributed by atoms with E-state index in [1.807, 2.05) is 0 Å². The summed E-state index contributed by atoms with van der Waals surface area (Å²) >= 11 is 0. The molecule has 3 aliphatic rings. The maximum atomic E-state index is 13.0. The molecular weight excluding hydrogens is 578 g/mol. The van der Waals surface area contributed by atoms with Crippen LogP contribution in [0.5, 0.6) is 0 Å². The molecule has 3 rings (SSSR count). The lowest BCUT2D eigenvalue weighted by atomic mass is 10.1. The van der Waals surface area contributed by atoms with Gasteiger partial charge in [-0.1, -0.05) is 6.92 Å². The first-order valence-electron chi connectivity index (χ1n) is 14.9. The topological polar surface area (TPSA) is 201 Å². The van der Waals surface area contributed by atoms with Crippen molar-refractivity contribution in [2.75, 3.05) is 26.2 Å². The molecule has 0 bridgehead atoms. The van der Waals surface area contributed by atoms with E-state index in [1.54, 1.807) is 25.7 Å². The average molecular weight is 622 g/mol. The number of amides is 5. The number of carbonyl (C=O) groups is 7. The van der Waals surface area contributed by atoms with Crippen LogP contribution in [0.2, 0.25) is 0 Å². The first kappa shape index (κ1) is 34.6. The summed E-state index contributed by atoms with van der Waals surface area (Å²) in [5.41, 5.74) is -0.894. The summed E-state index contributed by atoms with van der Waals surface area (Å²) in [4.78, 5) is 88.9. The van der Waals surface area contributed by atoms with Gasteiger partial charge in [-0.3, -0.25) is 28.9 Å². The summed E-state index contributed by atoms with van der Waals surface area (Å²) in [5.74, 6) is -4.37. The predicted octanol–water partition coefficient (Wildman–Crippen LogP) is -0.559. The number of hydrogen-bond donors (Lipinski definition) is 4. The average Bonchev–Trinajstić information content (AvgIpc) is 3.66. The van der Waals surface area contributed by atoms with Crippen LogP contribution in [0.4, 0.5) is 0 Å². The zero-order valence-electron chi connectivity index (χ0n) is 25.6. The molecule has 0 radical (unpaired) electrons. The SMILES string of the molecule is CC1CN[C@H](C2OCCN2C(=O)CC[C@H](NC(=O)CC[C@H](NC(=O)CCN2C(=O)C=CC2=O)C(=O)OC(C)(C)C)C(=O)O)C1. The highest BCUT2D eigenvalue weighted by atomic mass is 16.6. The number of ether oxygens (including phenoxy) is 2. The van der Waals surface area contributed by atoms with Crippen molar-refractivity contribution in [2.45, 2.75) is 96.2 Å². The van der Waals surface area contributed by atoms with Gasteiger partial charge in [0, 0.05) is 44.5 Å². The Morgan fingerprint density at radius 1 is 1.02 bits per heavy atom. The first-order valence-corrected chi connectivity index (χ1v) is 14.9.